The first kappa shape index (κ1) is 23.0. The molecule has 0 amide bonds. The highest BCUT2D eigenvalue weighted by Crippen LogP contribution is 2.38. The molecule has 0 heterocycles. The van der Waals surface area contributed by atoms with E-state index in [1.54, 1.807) is 18.2 Å². The second kappa shape index (κ2) is 9.38. The zero-order valence-corrected chi connectivity index (χ0v) is 18.4. The fraction of sp³-hybridized carbons (Fsp3) is 0.259. The maximum absolute atomic E-state index is 14.9. The summed E-state index contributed by atoms with van der Waals surface area (Å²) in [5.74, 6) is -5.12. The number of ether oxygens (including phenoxy) is 1. The van der Waals surface area contributed by atoms with E-state index in [2.05, 4.69) is 0 Å². The summed E-state index contributed by atoms with van der Waals surface area (Å²) < 4.78 is 77.6. The topological polar surface area (TPSA) is 9.23 Å². The van der Waals surface area contributed by atoms with E-state index in [-0.39, 0.29) is 22.4 Å². The molecule has 0 unspecified atom stereocenters. The lowest BCUT2D eigenvalue weighted by atomic mass is 9.86. The van der Waals surface area contributed by atoms with Gasteiger partial charge < -0.3 is 4.74 Å². The average molecular weight is 458 g/mol. The predicted molar refractivity (Wildman–Crippen MR) is 119 cm³/mol. The molecule has 0 saturated carbocycles. The molecule has 0 aliphatic heterocycles. The van der Waals surface area contributed by atoms with Crippen LogP contribution in [-0.4, -0.2) is 7.11 Å². The fourth-order valence-corrected chi connectivity index (χ4v) is 4.23. The van der Waals surface area contributed by atoms with Crippen molar-refractivity contribution in [1.82, 2.24) is 0 Å². The Hall–Kier alpha value is -3.15. The molecule has 0 spiro atoms. The number of fused-ring (bicyclic) bond motifs is 1. The van der Waals surface area contributed by atoms with Gasteiger partial charge in [-0.3, -0.25) is 0 Å². The molecule has 0 radical (unpaired) electrons. The number of halogens is 5. The summed E-state index contributed by atoms with van der Waals surface area (Å²) >= 11 is 0. The first-order valence-electron chi connectivity index (χ1n) is 10.9. The molecule has 4 rings (SSSR count). The lowest BCUT2D eigenvalue weighted by Gasteiger charge is -2.20. The largest absolute Gasteiger partial charge is 0.494 e. The van der Waals surface area contributed by atoms with Gasteiger partial charge in [-0.05, 0) is 72.2 Å². The van der Waals surface area contributed by atoms with Crippen molar-refractivity contribution in [2.75, 3.05) is 7.11 Å². The molecule has 0 bridgehead atoms. The summed E-state index contributed by atoms with van der Waals surface area (Å²) in [5, 5.41) is 0. The first-order chi connectivity index (χ1) is 15.8. The van der Waals surface area contributed by atoms with Crippen LogP contribution in [0.2, 0.25) is 0 Å². The van der Waals surface area contributed by atoms with E-state index in [0.29, 0.717) is 41.5 Å². The van der Waals surface area contributed by atoms with Crippen LogP contribution >= 0.6 is 0 Å². The summed E-state index contributed by atoms with van der Waals surface area (Å²) in [6.07, 6.45) is 4.57. The van der Waals surface area contributed by atoms with Crippen LogP contribution in [0.4, 0.5) is 22.0 Å². The van der Waals surface area contributed by atoms with Crippen LogP contribution in [-0.2, 0) is 12.8 Å². The number of allylic oxidation sites excluding steroid dienone is 1. The minimum absolute atomic E-state index is 0.0674. The molecule has 0 atom stereocenters. The summed E-state index contributed by atoms with van der Waals surface area (Å²) in [6.45, 7) is 1.98. The van der Waals surface area contributed by atoms with Crippen molar-refractivity contribution in [3.8, 4) is 16.9 Å². The Kier molecular flexibility index (Phi) is 6.54. The molecule has 3 aromatic carbocycles. The van der Waals surface area contributed by atoms with Crippen molar-refractivity contribution in [2.24, 2.45) is 0 Å². The van der Waals surface area contributed by atoms with E-state index in [4.69, 9.17) is 4.74 Å². The standard InChI is InChI=1S/C27H23F5O/c1-3-4-5-15-8-9-19(25(30)24(15)29)17-7-6-16-13-21(22(28)14-18(16)12-17)20-10-11-23(33-2)27(32)26(20)31/h8-14H,3-7H2,1-2H3. The number of benzene rings is 3. The Morgan fingerprint density at radius 2 is 1.52 bits per heavy atom. The van der Waals surface area contributed by atoms with Gasteiger partial charge in [0.1, 0.15) is 5.82 Å². The van der Waals surface area contributed by atoms with E-state index < -0.39 is 29.1 Å². The van der Waals surface area contributed by atoms with Crippen LogP contribution < -0.4 is 4.74 Å². The third kappa shape index (κ3) is 4.26. The molecule has 1 aliphatic rings. The highest BCUT2D eigenvalue weighted by molar-refractivity contribution is 5.86. The molecule has 0 N–H and O–H groups in total. The first-order valence-corrected chi connectivity index (χ1v) is 10.9. The molecule has 6 heteroatoms. The van der Waals surface area contributed by atoms with Crippen LogP contribution in [0.3, 0.4) is 0 Å². The third-order valence-corrected chi connectivity index (χ3v) is 6.09. The summed E-state index contributed by atoms with van der Waals surface area (Å²) in [7, 11) is 1.22. The quantitative estimate of drug-likeness (QED) is 0.341. The van der Waals surface area contributed by atoms with Crippen LogP contribution in [0, 0.1) is 29.1 Å². The molecule has 0 saturated heterocycles. The van der Waals surface area contributed by atoms with Gasteiger partial charge in [-0.25, -0.2) is 17.6 Å². The molecular formula is C27H23F5O. The number of aryl methyl sites for hydroxylation is 2. The number of methoxy groups -OCH3 is 1. The third-order valence-electron chi connectivity index (χ3n) is 6.09. The molecule has 33 heavy (non-hydrogen) atoms. The van der Waals surface area contributed by atoms with Gasteiger partial charge in [0.05, 0.1) is 7.11 Å². The minimum Gasteiger partial charge on any atom is -0.494 e. The van der Waals surface area contributed by atoms with Gasteiger partial charge in [-0.15, -0.1) is 0 Å². The molecular weight excluding hydrogens is 435 g/mol. The lowest BCUT2D eigenvalue weighted by molar-refractivity contribution is 0.372. The Morgan fingerprint density at radius 3 is 2.24 bits per heavy atom. The predicted octanol–water partition coefficient (Wildman–Crippen LogP) is 7.89. The highest BCUT2D eigenvalue weighted by atomic mass is 19.2. The monoisotopic (exact) mass is 458 g/mol. The molecule has 0 fully saturated rings. The Morgan fingerprint density at radius 1 is 0.788 bits per heavy atom. The molecule has 0 aromatic heterocycles. The smallest absolute Gasteiger partial charge is 0.201 e. The van der Waals surface area contributed by atoms with E-state index in [9.17, 15) is 22.0 Å². The highest BCUT2D eigenvalue weighted by Gasteiger charge is 2.23. The molecule has 172 valence electrons. The minimum atomic E-state index is -1.19. The van der Waals surface area contributed by atoms with Crippen molar-refractivity contribution >= 4 is 11.6 Å². The SMILES string of the molecule is CCCCc1ccc(C2=Cc3cc(F)c(-c4ccc(OC)c(F)c4F)cc3CC2)c(F)c1F. The van der Waals surface area contributed by atoms with Gasteiger partial charge in [0, 0.05) is 16.7 Å². The second-order valence-corrected chi connectivity index (χ2v) is 8.15. The van der Waals surface area contributed by atoms with E-state index in [0.717, 1.165) is 12.8 Å². The number of unbranched alkanes of at least 4 members (excludes halogenated alkanes) is 1. The van der Waals surface area contributed by atoms with Crippen molar-refractivity contribution in [3.05, 3.63) is 87.7 Å². The lowest BCUT2D eigenvalue weighted by Crippen LogP contribution is -2.05. The van der Waals surface area contributed by atoms with Crippen LogP contribution in [0.15, 0.2) is 36.4 Å². The van der Waals surface area contributed by atoms with E-state index >= 15 is 0 Å². The fourth-order valence-electron chi connectivity index (χ4n) is 4.23. The number of hydrogen-bond acceptors (Lipinski definition) is 1. The summed E-state index contributed by atoms with van der Waals surface area (Å²) in [5.41, 5.74) is 2.01. The summed E-state index contributed by atoms with van der Waals surface area (Å²) in [4.78, 5) is 0. The maximum Gasteiger partial charge on any atom is 0.201 e. The van der Waals surface area contributed by atoms with Crippen LogP contribution in [0.25, 0.3) is 22.8 Å². The van der Waals surface area contributed by atoms with Crippen molar-refractivity contribution in [3.63, 3.8) is 0 Å². The van der Waals surface area contributed by atoms with Gasteiger partial charge in [0.15, 0.2) is 23.2 Å². The number of rotatable bonds is 6. The Bertz CT molecular complexity index is 1250. The van der Waals surface area contributed by atoms with E-state index in [1.165, 1.54) is 31.4 Å². The Labute approximate surface area is 189 Å². The number of hydrogen-bond donors (Lipinski definition) is 0. The van der Waals surface area contributed by atoms with E-state index in [1.807, 2.05) is 6.92 Å². The average Bonchev–Trinajstić information content (AvgIpc) is 2.81. The van der Waals surface area contributed by atoms with Crippen LogP contribution in [0.1, 0.15) is 48.4 Å². The van der Waals surface area contributed by atoms with Gasteiger partial charge in [-0.1, -0.05) is 31.6 Å². The van der Waals surface area contributed by atoms with Gasteiger partial charge in [0.2, 0.25) is 5.82 Å². The van der Waals surface area contributed by atoms with Gasteiger partial charge in [0.25, 0.3) is 0 Å². The Balaban J connectivity index is 1.72. The second-order valence-electron chi connectivity index (χ2n) is 8.15. The summed E-state index contributed by atoms with van der Waals surface area (Å²) in [6, 6.07) is 8.38. The molecule has 1 aliphatic carbocycles. The van der Waals surface area contributed by atoms with Crippen LogP contribution in [0.5, 0.6) is 5.75 Å². The van der Waals surface area contributed by atoms with Gasteiger partial charge >= 0.3 is 0 Å². The van der Waals surface area contributed by atoms with Crippen molar-refractivity contribution in [1.29, 1.82) is 0 Å². The van der Waals surface area contributed by atoms with Gasteiger partial charge in [-0.2, -0.15) is 4.39 Å². The molecule has 1 nitrogen and oxygen atoms in total. The zero-order chi connectivity index (χ0) is 23.7. The zero-order valence-electron chi connectivity index (χ0n) is 18.4. The van der Waals surface area contributed by atoms with Crippen molar-refractivity contribution in [2.45, 2.75) is 39.0 Å². The normalized spacial score (nSPS) is 13.0. The maximum atomic E-state index is 14.9. The molecule has 3 aromatic rings. The van der Waals surface area contributed by atoms with Crippen molar-refractivity contribution < 1.29 is 26.7 Å².